The average molecular weight is 563 g/mol. The van der Waals surface area contributed by atoms with Crippen LogP contribution >= 0.6 is 0 Å². The lowest BCUT2D eigenvalue weighted by atomic mass is 9.82. The molecular weight excluding hydrogens is 512 g/mol. The molecule has 2 atom stereocenters. The highest BCUT2D eigenvalue weighted by Crippen LogP contribution is 2.48. The summed E-state index contributed by atoms with van der Waals surface area (Å²) >= 11 is 0. The van der Waals surface area contributed by atoms with Gasteiger partial charge in [0.15, 0.2) is 11.3 Å². The fourth-order valence-corrected chi connectivity index (χ4v) is 6.21. The number of likely N-dealkylation sites (N-methyl/N-ethyl adjacent to an activating group) is 1. The molecule has 0 bridgehead atoms. The van der Waals surface area contributed by atoms with E-state index in [-0.39, 0.29) is 12.1 Å². The lowest BCUT2D eigenvalue weighted by molar-refractivity contribution is 0.103. The molecule has 2 heterocycles. The third kappa shape index (κ3) is 5.84. The van der Waals surface area contributed by atoms with E-state index in [1.165, 1.54) is 5.69 Å². The van der Waals surface area contributed by atoms with E-state index in [0.717, 1.165) is 94.4 Å². The number of anilines is 2. The van der Waals surface area contributed by atoms with Crippen molar-refractivity contribution in [2.24, 2.45) is 0 Å². The van der Waals surface area contributed by atoms with Gasteiger partial charge in [-0.2, -0.15) is 0 Å². The minimum Gasteiger partial charge on any atom is -0.372 e. The minimum atomic E-state index is -1.16. The summed E-state index contributed by atoms with van der Waals surface area (Å²) in [5.74, 6) is 0. The first-order valence-corrected chi connectivity index (χ1v) is 15.7. The van der Waals surface area contributed by atoms with E-state index in [0.29, 0.717) is 0 Å². The molecule has 0 aromatic heterocycles. The van der Waals surface area contributed by atoms with E-state index >= 15 is 0 Å². The first kappa shape index (κ1) is 30.5. The highest BCUT2D eigenvalue weighted by molar-refractivity contribution is 5.89. The van der Waals surface area contributed by atoms with Crippen molar-refractivity contribution in [3.8, 4) is 0 Å². The third-order valence-corrected chi connectivity index (χ3v) is 8.68. The quantitative estimate of drug-likeness (QED) is 0.219. The summed E-state index contributed by atoms with van der Waals surface area (Å²) < 4.78 is 0. The highest BCUT2D eigenvalue weighted by atomic mass is 16.2. The van der Waals surface area contributed by atoms with Gasteiger partial charge >= 0.3 is 12.1 Å². The van der Waals surface area contributed by atoms with Crippen molar-refractivity contribution in [3.05, 3.63) is 59.7 Å². The maximum atomic E-state index is 13.3. The number of carbonyl (C=O) groups is 2. The zero-order valence-corrected chi connectivity index (χ0v) is 25.8. The van der Waals surface area contributed by atoms with Crippen LogP contribution in [0.5, 0.6) is 0 Å². The number of hydrogen-bond acceptors (Lipinski definition) is 4. The van der Waals surface area contributed by atoms with E-state index in [2.05, 4.69) is 89.8 Å². The van der Waals surface area contributed by atoms with E-state index in [1.54, 1.807) is 11.9 Å². The van der Waals surface area contributed by atoms with Crippen molar-refractivity contribution in [1.29, 1.82) is 0 Å². The first-order valence-electron chi connectivity index (χ1n) is 15.7. The van der Waals surface area contributed by atoms with Crippen molar-refractivity contribution in [1.82, 2.24) is 20.9 Å². The van der Waals surface area contributed by atoms with Gasteiger partial charge in [0.2, 0.25) is 0 Å². The Hall–Kier alpha value is -3.42. The zero-order valence-electron chi connectivity index (χ0n) is 25.8. The molecule has 4 rings (SSSR count). The van der Waals surface area contributed by atoms with Crippen molar-refractivity contribution in [3.63, 3.8) is 0 Å². The van der Waals surface area contributed by atoms with Crippen molar-refractivity contribution >= 4 is 23.4 Å². The van der Waals surface area contributed by atoms with Gasteiger partial charge in [-0.25, -0.2) is 9.59 Å². The molecule has 224 valence electrons. The first-order chi connectivity index (χ1) is 19.9. The molecular formula is C33H50N6O2. The van der Waals surface area contributed by atoms with Gasteiger partial charge in [-0.1, -0.05) is 77.6 Å². The fraction of sp³-hybridized carbons (Fsp3) is 0.576. The fourth-order valence-electron chi connectivity index (χ4n) is 6.21. The Balaban J connectivity index is 1.71. The van der Waals surface area contributed by atoms with E-state index in [1.807, 2.05) is 12.1 Å². The average Bonchev–Trinajstić information content (AvgIpc) is 3.40. The molecule has 8 heteroatoms. The van der Waals surface area contributed by atoms with E-state index in [9.17, 15) is 9.59 Å². The molecule has 2 aliphatic rings. The molecule has 0 aliphatic carbocycles. The number of urea groups is 2. The Kier molecular flexibility index (Phi) is 10.1. The molecule has 0 radical (unpaired) electrons. The van der Waals surface area contributed by atoms with Gasteiger partial charge in [-0.15, -0.1) is 0 Å². The Morgan fingerprint density at radius 1 is 0.610 bits per heavy atom. The van der Waals surface area contributed by atoms with Crippen molar-refractivity contribution in [2.75, 3.05) is 43.0 Å². The summed E-state index contributed by atoms with van der Waals surface area (Å²) in [6.07, 6.45) is 9.17. The van der Waals surface area contributed by atoms with Gasteiger partial charge in [-0.05, 0) is 49.9 Å². The highest BCUT2D eigenvalue weighted by Gasteiger charge is 2.69. The molecule has 8 nitrogen and oxygen atoms in total. The maximum absolute atomic E-state index is 13.3. The summed E-state index contributed by atoms with van der Waals surface area (Å²) in [5, 5.41) is 9.40. The molecule has 3 N–H and O–H groups in total. The van der Waals surface area contributed by atoms with Crippen LogP contribution in [0.4, 0.5) is 21.0 Å². The molecule has 2 aromatic rings. The molecule has 2 aromatic carbocycles. The normalized spacial score (nSPS) is 21.3. The van der Waals surface area contributed by atoms with Gasteiger partial charge < -0.3 is 25.8 Å². The molecule has 41 heavy (non-hydrogen) atoms. The smallest absolute Gasteiger partial charge is 0.321 e. The second kappa shape index (κ2) is 13.5. The van der Waals surface area contributed by atoms with Crippen LogP contribution in [0.2, 0.25) is 0 Å². The number of carbonyl (C=O) groups excluding carboxylic acids is 2. The lowest BCUT2D eigenvalue weighted by Gasteiger charge is -2.41. The third-order valence-electron chi connectivity index (χ3n) is 8.68. The van der Waals surface area contributed by atoms with Crippen LogP contribution in [-0.2, 0) is 11.3 Å². The maximum Gasteiger partial charge on any atom is 0.321 e. The number of benzene rings is 2. The number of nitrogens with zero attached hydrogens (tertiary/aromatic N) is 3. The second-order valence-electron chi connectivity index (χ2n) is 11.5. The molecule has 2 aliphatic heterocycles. The topological polar surface area (TPSA) is 80.0 Å². The molecule has 4 amide bonds. The summed E-state index contributed by atoms with van der Waals surface area (Å²) in [6.45, 7) is 12.9. The van der Waals surface area contributed by atoms with Gasteiger partial charge in [0.05, 0.1) is 0 Å². The minimum absolute atomic E-state index is 0.245. The standard InChI is InChI=1S/C33H50N6O2/c1-6-10-22-38(23-11-7-2)28-18-14-26(15-19-28)32-33(35-30(40)34-32,37(5)31(41)36-32)27-16-20-29(21-17-27)39(24-12-8-3)25-13-9-4/h14-21H,6-13,22-25H2,1-5H3,(H,36,41)(H2,34,35,40)/t32-,33-/m1/s1. The molecule has 2 fully saturated rings. The molecule has 0 saturated carbocycles. The monoisotopic (exact) mass is 562 g/mol. The second-order valence-corrected chi connectivity index (χ2v) is 11.5. The molecule has 0 spiro atoms. The number of rotatable bonds is 16. The predicted octanol–water partition coefficient (Wildman–Crippen LogP) is 6.47. The van der Waals surface area contributed by atoms with Crippen LogP contribution in [0.1, 0.15) is 90.2 Å². The predicted molar refractivity (Wildman–Crippen MR) is 168 cm³/mol. The number of hydrogen-bond donors (Lipinski definition) is 3. The van der Waals surface area contributed by atoms with Crippen LogP contribution in [0.15, 0.2) is 48.5 Å². The number of nitrogens with one attached hydrogen (secondary N) is 3. The van der Waals surface area contributed by atoms with Crippen LogP contribution in [0.3, 0.4) is 0 Å². The summed E-state index contributed by atoms with van der Waals surface area (Å²) in [5.41, 5.74) is 1.73. The number of unbranched alkanes of at least 4 members (excludes halogenated alkanes) is 4. The van der Waals surface area contributed by atoms with Gasteiger partial charge in [0.1, 0.15) is 0 Å². The Bertz CT molecular complexity index is 1140. The summed E-state index contributed by atoms with van der Waals surface area (Å²) in [6, 6.07) is 16.2. The van der Waals surface area contributed by atoms with Crippen LogP contribution in [-0.4, -0.2) is 50.2 Å². The molecule has 2 saturated heterocycles. The zero-order chi connectivity index (χ0) is 29.5. The van der Waals surface area contributed by atoms with Gasteiger partial charge in [-0.3, -0.25) is 4.90 Å². The van der Waals surface area contributed by atoms with Crippen molar-refractivity contribution < 1.29 is 9.59 Å². The van der Waals surface area contributed by atoms with Crippen LogP contribution in [0.25, 0.3) is 0 Å². The van der Waals surface area contributed by atoms with Gasteiger partial charge in [0.25, 0.3) is 0 Å². The van der Waals surface area contributed by atoms with Crippen LogP contribution in [0, 0.1) is 0 Å². The largest absolute Gasteiger partial charge is 0.372 e. The van der Waals surface area contributed by atoms with E-state index < -0.39 is 11.3 Å². The van der Waals surface area contributed by atoms with E-state index in [4.69, 9.17) is 0 Å². The molecule has 0 unspecified atom stereocenters. The Morgan fingerprint density at radius 3 is 1.44 bits per heavy atom. The summed E-state index contributed by atoms with van der Waals surface area (Å²) in [4.78, 5) is 32.9. The number of fused-ring (bicyclic) bond motifs is 1. The lowest BCUT2D eigenvalue weighted by Crippen LogP contribution is -2.61. The van der Waals surface area contributed by atoms with Gasteiger partial charge in [0, 0.05) is 55.7 Å². The Labute approximate surface area is 246 Å². The Morgan fingerprint density at radius 2 is 1.02 bits per heavy atom. The van der Waals surface area contributed by atoms with Crippen molar-refractivity contribution in [2.45, 2.75) is 90.4 Å². The number of amides is 4. The summed E-state index contributed by atoms with van der Waals surface area (Å²) in [7, 11) is 1.75. The SMILES string of the molecule is CCCCN(CCCC)c1ccc([C@]23NC(=O)N[C@]2(c2ccc(N(CCCC)CCCC)cc2)N(C)C(=O)N3)cc1. The van der Waals surface area contributed by atoms with Crippen LogP contribution < -0.4 is 25.8 Å².